The van der Waals surface area contributed by atoms with Gasteiger partial charge in [0.2, 0.25) is 0 Å². The molecule has 0 spiro atoms. The monoisotopic (exact) mass is 256 g/mol. The zero-order valence-corrected chi connectivity index (χ0v) is 10.9. The van der Waals surface area contributed by atoms with Crippen LogP contribution in [0.2, 0.25) is 0 Å². The Kier molecular flexibility index (Phi) is 6.15. The molecule has 5 heteroatoms. The van der Waals surface area contributed by atoms with Crippen molar-refractivity contribution in [2.24, 2.45) is 5.92 Å². The van der Waals surface area contributed by atoms with Crippen LogP contribution < -0.4 is 11.3 Å². The molecule has 17 heavy (non-hydrogen) atoms. The third kappa shape index (κ3) is 5.28. The second-order valence-electron chi connectivity index (χ2n) is 4.21. The molecule has 1 rings (SSSR count). The molecule has 0 amide bonds. The molecule has 0 aliphatic heterocycles. The lowest BCUT2D eigenvalue weighted by molar-refractivity contribution is 0.250. The summed E-state index contributed by atoms with van der Waals surface area (Å²) in [6.45, 7) is 2.96. The van der Waals surface area contributed by atoms with Crippen molar-refractivity contribution in [1.29, 1.82) is 0 Å². The van der Waals surface area contributed by atoms with E-state index in [2.05, 4.69) is 0 Å². The number of pyridine rings is 1. The number of aliphatic hydroxyl groups is 1. The van der Waals surface area contributed by atoms with E-state index in [0.717, 1.165) is 17.9 Å². The minimum absolute atomic E-state index is 0.00655. The molecule has 1 unspecified atom stereocenters. The van der Waals surface area contributed by atoms with Gasteiger partial charge in [-0.2, -0.15) is 11.8 Å². The van der Waals surface area contributed by atoms with Gasteiger partial charge >= 0.3 is 0 Å². The van der Waals surface area contributed by atoms with E-state index in [9.17, 15) is 4.79 Å². The minimum Gasteiger partial charge on any atom is -0.398 e. The predicted molar refractivity (Wildman–Crippen MR) is 73.3 cm³/mol. The second-order valence-corrected chi connectivity index (χ2v) is 5.36. The number of aryl methyl sites for hydroxylation is 1. The Balaban J connectivity index is 2.27. The van der Waals surface area contributed by atoms with Crippen LogP contribution in [0.1, 0.15) is 13.3 Å². The Bertz CT molecular complexity index is 392. The maximum absolute atomic E-state index is 11.5. The maximum Gasteiger partial charge on any atom is 0.250 e. The molecule has 0 bridgehead atoms. The lowest BCUT2D eigenvalue weighted by atomic mass is 10.2. The number of anilines is 1. The summed E-state index contributed by atoms with van der Waals surface area (Å²) in [5.41, 5.74) is 6.23. The Morgan fingerprint density at radius 1 is 1.53 bits per heavy atom. The van der Waals surface area contributed by atoms with E-state index in [1.54, 1.807) is 16.8 Å². The van der Waals surface area contributed by atoms with Crippen molar-refractivity contribution in [3.8, 4) is 0 Å². The van der Waals surface area contributed by atoms with E-state index >= 15 is 0 Å². The lowest BCUT2D eigenvalue weighted by Crippen LogP contribution is -2.19. The number of nitrogen functional groups attached to an aromatic ring is 1. The van der Waals surface area contributed by atoms with Crippen molar-refractivity contribution in [3.05, 3.63) is 28.7 Å². The molecule has 0 radical (unpaired) electrons. The SMILES string of the molecule is CC(CO)CSCCCn1cc(N)ccc1=O. The summed E-state index contributed by atoms with van der Waals surface area (Å²) < 4.78 is 1.64. The Morgan fingerprint density at radius 2 is 2.29 bits per heavy atom. The number of thioether (sulfide) groups is 1. The van der Waals surface area contributed by atoms with Crippen LogP contribution in [0.3, 0.4) is 0 Å². The van der Waals surface area contributed by atoms with Crippen molar-refractivity contribution < 1.29 is 5.11 Å². The fraction of sp³-hybridized carbons (Fsp3) is 0.583. The normalized spacial score (nSPS) is 12.6. The molecule has 1 aromatic heterocycles. The number of rotatable bonds is 7. The van der Waals surface area contributed by atoms with Crippen LogP contribution in [-0.2, 0) is 6.54 Å². The molecular formula is C12H20N2O2S. The Hall–Kier alpha value is -0.940. The van der Waals surface area contributed by atoms with Crippen LogP contribution in [0.15, 0.2) is 23.1 Å². The molecule has 1 heterocycles. The molecule has 0 aromatic carbocycles. The van der Waals surface area contributed by atoms with Gasteiger partial charge in [0.25, 0.3) is 5.56 Å². The van der Waals surface area contributed by atoms with Crippen LogP contribution in [0.25, 0.3) is 0 Å². The molecule has 3 N–H and O–H groups in total. The summed E-state index contributed by atoms with van der Waals surface area (Å²) in [6, 6.07) is 3.12. The van der Waals surface area contributed by atoms with Gasteiger partial charge in [-0.15, -0.1) is 0 Å². The van der Waals surface area contributed by atoms with Crippen LogP contribution in [0.4, 0.5) is 5.69 Å². The van der Waals surface area contributed by atoms with Crippen LogP contribution >= 0.6 is 11.8 Å². The van der Waals surface area contributed by atoms with Gasteiger partial charge in [-0.1, -0.05) is 6.92 Å². The molecule has 0 fully saturated rings. The zero-order chi connectivity index (χ0) is 12.7. The maximum atomic E-state index is 11.5. The molecular weight excluding hydrogens is 236 g/mol. The number of aliphatic hydroxyl groups excluding tert-OH is 1. The highest BCUT2D eigenvalue weighted by Crippen LogP contribution is 2.09. The van der Waals surface area contributed by atoms with E-state index in [0.29, 0.717) is 18.2 Å². The van der Waals surface area contributed by atoms with E-state index in [1.165, 1.54) is 6.07 Å². The third-order valence-electron chi connectivity index (χ3n) is 2.41. The number of nitrogens with two attached hydrogens (primary N) is 1. The third-order valence-corrected chi connectivity index (χ3v) is 3.79. The van der Waals surface area contributed by atoms with Crippen molar-refractivity contribution in [3.63, 3.8) is 0 Å². The average Bonchev–Trinajstić information content (AvgIpc) is 2.32. The highest BCUT2D eigenvalue weighted by Gasteiger charge is 2.00. The summed E-state index contributed by atoms with van der Waals surface area (Å²) in [4.78, 5) is 11.5. The van der Waals surface area contributed by atoms with Gasteiger partial charge < -0.3 is 15.4 Å². The summed E-state index contributed by atoms with van der Waals surface area (Å²) in [6.07, 6.45) is 2.62. The first-order valence-corrected chi connectivity index (χ1v) is 6.93. The standard InChI is InChI=1S/C12H20N2O2S/c1-10(8-15)9-17-6-2-5-14-7-11(13)3-4-12(14)16/h3-4,7,10,15H,2,5-6,8-9,13H2,1H3. The van der Waals surface area contributed by atoms with Gasteiger partial charge in [0.05, 0.1) is 0 Å². The molecule has 0 aliphatic rings. The minimum atomic E-state index is -0.00655. The summed E-state index contributed by atoms with van der Waals surface area (Å²) in [5.74, 6) is 2.29. The van der Waals surface area contributed by atoms with E-state index in [-0.39, 0.29) is 12.2 Å². The lowest BCUT2D eigenvalue weighted by Gasteiger charge is -2.08. The smallest absolute Gasteiger partial charge is 0.250 e. The van der Waals surface area contributed by atoms with Crippen molar-refractivity contribution >= 4 is 17.4 Å². The highest BCUT2D eigenvalue weighted by atomic mass is 32.2. The Morgan fingerprint density at radius 3 is 3.00 bits per heavy atom. The van der Waals surface area contributed by atoms with E-state index in [4.69, 9.17) is 10.8 Å². The molecule has 96 valence electrons. The summed E-state index contributed by atoms with van der Waals surface area (Å²) >= 11 is 1.81. The number of aromatic nitrogens is 1. The number of hydrogen-bond donors (Lipinski definition) is 2. The van der Waals surface area contributed by atoms with Gasteiger partial charge in [-0.3, -0.25) is 4.79 Å². The van der Waals surface area contributed by atoms with E-state index in [1.807, 2.05) is 18.7 Å². The molecule has 0 saturated carbocycles. The topological polar surface area (TPSA) is 68.2 Å². The summed E-state index contributed by atoms with van der Waals surface area (Å²) in [7, 11) is 0. The van der Waals surface area contributed by atoms with Crippen LogP contribution in [0, 0.1) is 5.92 Å². The number of nitrogens with zero attached hydrogens (tertiary/aromatic N) is 1. The van der Waals surface area contributed by atoms with Gasteiger partial charge in [0.1, 0.15) is 0 Å². The van der Waals surface area contributed by atoms with Gasteiger partial charge in [0.15, 0.2) is 0 Å². The van der Waals surface area contributed by atoms with Crippen LogP contribution in [-0.4, -0.2) is 27.8 Å². The fourth-order valence-electron chi connectivity index (χ4n) is 1.40. The molecule has 1 atom stereocenters. The first kappa shape index (κ1) is 14.1. The second kappa shape index (κ2) is 7.40. The average molecular weight is 256 g/mol. The molecule has 0 saturated heterocycles. The summed E-state index contributed by atoms with van der Waals surface area (Å²) in [5, 5.41) is 8.86. The molecule has 1 aromatic rings. The van der Waals surface area contributed by atoms with Gasteiger partial charge in [0, 0.05) is 31.1 Å². The quantitative estimate of drug-likeness (QED) is 0.719. The first-order chi connectivity index (χ1) is 8.13. The first-order valence-electron chi connectivity index (χ1n) is 5.78. The van der Waals surface area contributed by atoms with Crippen molar-refractivity contribution in [1.82, 2.24) is 4.57 Å². The van der Waals surface area contributed by atoms with Crippen molar-refractivity contribution in [2.45, 2.75) is 19.9 Å². The Labute approximate surface area is 106 Å². The van der Waals surface area contributed by atoms with Crippen LogP contribution in [0.5, 0.6) is 0 Å². The fourth-order valence-corrected chi connectivity index (χ4v) is 2.41. The highest BCUT2D eigenvalue weighted by molar-refractivity contribution is 7.99. The van der Waals surface area contributed by atoms with Gasteiger partial charge in [-0.25, -0.2) is 0 Å². The van der Waals surface area contributed by atoms with Crippen molar-refractivity contribution in [2.75, 3.05) is 23.8 Å². The molecule has 4 nitrogen and oxygen atoms in total. The number of hydrogen-bond acceptors (Lipinski definition) is 4. The zero-order valence-electron chi connectivity index (χ0n) is 10.1. The van der Waals surface area contributed by atoms with E-state index < -0.39 is 0 Å². The molecule has 0 aliphatic carbocycles. The largest absolute Gasteiger partial charge is 0.398 e. The van der Waals surface area contributed by atoms with Gasteiger partial charge in [-0.05, 0) is 29.9 Å². The predicted octanol–water partition coefficient (Wildman–Crippen LogP) is 1.18.